The molecule has 16 heavy (non-hydrogen) atoms. The van der Waals surface area contributed by atoms with Crippen LogP contribution >= 0.6 is 15.9 Å². The topological polar surface area (TPSA) is 56.0 Å². The van der Waals surface area contributed by atoms with Crippen LogP contribution in [-0.4, -0.2) is 14.7 Å². The first-order valence-electron chi connectivity index (χ1n) is 5.17. The second kappa shape index (κ2) is 5.39. The van der Waals surface area contributed by atoms with Gasteiger partial charge >= 0.3 is 0 Å². The summed E-state index contributed by atoms with van der Waals surface area (Å²) in [5.41, 5.74) is 2.34. The Labute approximate surface area is 103 Å². The molecule has 1 unspecified atom stereocenters. The van der Waals surface area contributed by atoms with Crippen molar-refractivity contribution in [3.8, 4) is 0 Å². The van der Waals surface area contributed by atoms with Gasteiger partial charge in [0, 0.05) is 22.2 Å². The molecule has 0 radical (unpaired) electrons. The van der Waals surface area contributed by atoms with Crippen molar-refractivity contribution in [2.75, 3.05) is 0 Å². The van der Waals surface area contributed by atoms with Gasteiger partial charge in [0.2, 0.25) is 0 Å². The number of aryl methyl sites for hydroxylation is 2. The maximum Gasteiger partial charge on any atom is 0.278 e. The van der Waals surface area contributed by atoms with E-state index in [2.05, 4.69) is 27.8 Å². The molecule has 4 nitrogen and oxygen atoms in total. The highest BCUT2D eigenvalue weighted by Crippen LogP contribution is 2.25. The molecular weight excluding hydrogens is 272 g/mol. The third-order valence-electron chi connectivity index (χ3n) is 2.54. The highest BCUT2D eigenvalue weighted by molar-refractivity contribution is 9.09. The van der Waals surface area contributed by atoms with Gasteiger partial charge in [-0.05, 0) is 26.7 Å². The van der Waals surface area contributed by atoms with Crippen molar-refractivity contribution in [3.05, 3.63) is 33.1 Å². The summed E-state index contributed by atoms with van der Waals surface area (Å²) in [6.07, 6.45) is 3.27. The Hall–Kier alpha value is -0.970. The van der Waals surface area contributed by atoms with Gasteiger partial charge in [-0.25, -0.2) is 0 Å². The van der Waals surface area contributed by atoms with Crippen LogP contribution in [0.1, 0.15) is 30.2 Å². The van der Waals surface area contributed by atoms with Crippen LogP contribution in [0.4, 0.5) is 5.69 Å². The first-order chi connectivity index (χ1) is 7.43. The number of nitro groups is 1. The van der Waals surface area contributed by atoms with Crippen molar-refractivity contribution in [1.82, 2.24) is 4.98 Å². The first kappa shape index (κ1) is 13.1. The highest BCUT2D eigenvalue weighted by Gasteiger charge is 2.18. The van der Waals surface area contributed by atoms with E-state index in [0.29, 0.717) is 16.0 Å². The number of hydrogen-bond acceptors (Lipinski definition) is 3. The number of nitrogens with zero attached hydrogens (tertiary/aromatic N) is 2. The Morgan fingerprint density at radius 1 is 1.56 bits per heavy atom. The molecule has 5 heteroatoms. The molecule has 0 aliphatic carbocycles. The summed E-state index contributed by atoms with van der Waals surface area (Å²) in [5.74, 6) is 0. The zero-order valence-corrected chi connectivity index (χ0v) is 11.2. The van der Waals surface area contributed by atoms with Crippen LogP contribution in [0.25, 0.3) is 0 Å². The lowest BCUT2D eigenvalue weighted by Gasteiger charge is -2.08. The molecule has 1 aromatic heterocycles. The van der Waals surface area contributed by atoms with Crippen LogP contribution in [0.5, 0.6) is 0 Å². The normalized spacial score (nSPS) is 12.5. The Balaban J connectivity index is 3.04. The van der Waals surface area contributed by atoms with Gasteiger partial charge in [-0.15, -0.1) is 0 Å². The summed E-state index contributed by atoms with van der Waals surface area (Å²) < 4.78 is 0. The summed E-state index contributed by atoms with van der Waals surface area (Å²) in [6, 6.07) is 0. The van der Waals surface area contributed by atoms with E-state index in [4.69, 9.17) is 0 Å². The maximum absolute atomic E-state index is 10.9. The zero-order valence-electron chi connectivity index (χ0n) is 9.66. The third-order valence-corrected chi connectivity index (χ3v) is 2.99. The molecule has 0 fully saturated rings. The van der Waals surface area contributed by atoms with Gasteiger partial charge < -0.3 is 0 Å². The molecular formula is C11H15BrN2O2. The van der Waals surface area contributed by atoms with Crippen molar-refractivity contribution < 1.29 is 4.92 Å². The Bertz CT molecular complexity index is 405. The molecule has 0 saturated carbocycles. The monoisotopic (exact) mass is 286 g/mol. The molecule has 0 amide bonds. The summed E-state index contributed by atoms with van der Waals surface area (Å²) >= 11 is 3.46. The fourth-order valence-electron chi connectivity index (χ4n) is 1.63. The van der Waals surface area contributed by atoms with Crippen LogP contribution in [0.15, 0.2) is 6.20 Å². The summed E-state index contributed by atoms with van der Waals surface area (Å²) in [7, 11) is 0. The Kier molecular flexibility index (Phi) is 4.41. The van der Waals surface area contributed by atoms with Crippen LogP contribution in [0, 0.1) is 24.0 Å². The molecule has 0 N–H and O–H groups in total. The smallest absolute Gasteiger partial charge is 0.260 e. The lowest BCUT2D eigenvalue weighted by atomic mass is 10.1. The summed E-state index contributed by atoms with van der Waals surface area (Å²) in [5, 5.41) is 10.9. The van der Waals surface area contributed by atoms with E-state index >= 15 is 0 Å². The second-order valence-corrected chi connectivity index (χ2v) is 5.50. The average Bonchev–Trinajstić information content (AvgIpc) is 2.15. The minimum Gasteiger partial charge on any atom is -0.260 e. The molecule has 0 saturated heterocycles. The van der Waals surface area contributed by atoms with Gasteiger partial charge in [0.1, 0.15) is 0 Å². The van der Waals surface area contributed by atoms with Crippen molar-refractivity contribution in [3.63, 3.8) is 0 Å². The van der Waals surface area contributed by atoms with E-state index < -0.39 is 0 Å². The minimum absolute atomic E-state index is 0.201. The summed E-state index contributed by atoms with van der Waals surface area (Å²) in [6.45, 7) is 5.54. The van der Waals surface area contributed by atoms with E-state index in [1.807, 2.05) is 0 Å². The molecule has 0 aliphatic heterocycles. The Morgan fingerprint density at radius 3 is 2.69 bits per heavy atom. The lowest BCUT2D eigenvalue weighted by Crippen LogP contribution is -2.04. The first-order valence-corrected chi connectivity index (χ1v) is 6.08. The number of pyridine rings is 1. The molecule has 1 atom stereocenters. The van der Waals surface area contributed by atoms with Gasteiger partial charge in [-0.3, -0.25) is 15.1 Å². The average molecular weight is 287 g/mol. The van der Waals surface area contributed by atoms with Gasteiger partial charge in [0.05, 0.1) is 10.6 Å². The van der Waals surface area contributed by atoms with Crippen LogP contribution in [0.3, 0.4) is 0 Å². The number of aromatic nitrogens is 1. The number of halogens is 1. The molecule has 0 aliphatic rings. The van der Waals surface area contributed by atoms with E-state index in [9.17, 15) is 10.1 Å². The van der Waals surface area contributed by atoms with E-state index in [0.717, 1.165) is 18.5 Å². The molecule has 88 valence electrons. The lowest BCUT2D eigenvalue weighted by molar-refractivity contribution is -0.386. The van der Waals surface area contributed by atoms with E-state index in [-0.39, 0.29) is 10.6 Å². The SMILES string of the molecule is Cc1cnc(CCC(C)Br)c(C)c1[N+](=O)[O-]. The number of alkyl halides is 1. The van der Waals surface area contributed by atoms with Crippen molar-refractivity contribution in [2.24, 2.45) is 0 Å². The predicted molar refractivity (Wildman–Crippen MR) is 67.1 cm³/mol. The van der Waals surface area contributed by atoms with Crippen molar-refractivity contribution in [1.29, 1.82) is 0 Å². The Morgan fingerprint density at radius 2 is 2.19 bits per heavy atom. The fourth-order valence-corrected chi connectivity index (χ4v) is 1.86. The largest absolute Gasteiger partial charge is 0.278 e. The van der Waals surface area contributed by atoms with Crippen molar-refractivity contribution >= 4 is 21.6 Å². The third kappa shape index (κ3) is 3.01. The minimum atomic E-state index is -0.326. The number of rotatable bonds is 4. The van der Waals surface area contributed by atoms with Crippen LogP contribution < -0.4 is 0 Å². The summed E-state index contributed by atoms with van der Waals surface area (Å²) in [4.78, 5) is 15.2. The molecule has 1 aromatic rings. The van der Waals surface area contributed by atoms with Gasteiger partial charge in [-0.2, -0.15) is 0 Å². The van der Waals surface area contributed by atoms with Crippen LogP contribution in [-0.2, 0) is 6.42 Å². The second-order valence-electron chi connectivity index (χ2n) is 3.94. The van der Waals surface area contributed by atoms with E-state index in [1.165, 1.54) is 0 Å². The number of hydrogen-bond donors (Lipinski definition) is 0. The molecule has 0 bridgehead atoms. The maximum atomic E-state index is 10.9. The molecule has 0 spiro atoms. The zero-order chi connectivity index (χ0) is 12.3. The van der Waals surface area contributed by atoms with Gasteiger partial charge in [-0.1, -0.05) is 22.9 Å². The quantitative estimate of drug-likeness (QED) is 0.485. The van der Waals surface area contributed by atoms with Crippen molar-refractivity contribution in [2.45, 2.75) is 38.4 Å². The van der Waals surface area contributed by atoms with Gasteiger partial charge in [0.15, 0.2) is 0 Å². The molecule has 1 heterocycles. The standard InChI is InChI=1S/C11H15BrN2O2/c1-7-6-13-10(5-4-8(2)12)9(3)11(7)14(15)16/h6,8H,4-5H2,1-3H3. The van der Waals surface area contributed by atoms with E-state index in [1.54, 1.807) is 20.0 Å². The van der Waals surface area contributed by atoms with Crippen LogP contribution in [0.2, 0.25) is 0 Å². The highest BCUT2D eigenvalue weighted by atomic mass is 79.9. The molecule has 1 rings (SSSR count). The predicted octanol–water partition coefficient (Wildman–Crippen LogP) is 3.32. The molecule has 0 aromatic carbocycles. The fraction of sp³-hybridized carbons (Fsp3) is 0.545. The van der Waals surface area contributed by atoms with Gasteiger partial charge in [0.25, 0.3) is 5.69 Å².